The molecule has 140 valence electrons. The molecule has 4 rings (SSSR count). The zero-order valence-corrected chi connectivity index (χ0v) is 16.2. The van der Waals surface area contributed by atoms with Gasteiger partial charge in [0, 0.05) is 12.6 Å². The average molecular weight is 405 g/mol. The first-order chi connectivity index (χ1) is 13.0. The zero-order valence-electron chi connectivity index (χ0n) is 14.7. The van der Waals surface area contributed by atoms with E-state index in [0.29, 0.717) is 27.6 Å². The third-order valence-electron chi connectivity index (χ3n) is 4.66. The van der Waals surface area contributed by atoms with E-state index < -0.39 is 0 Å². The summed E-state index contributed by atoms with van der Waals surface area (Å²) in [5.41, 5.74) is 2.37. The van der Waals surface area contributed by atoms with Gasteiger partial charge in [0.1, 0.15) is 17.8 Å². The molecule has 27 heavy (non-hydrogen) atoms. The van der Waals surface area contributed by atoms with Crippen LogP contribution in [0.1, 0.15) is 18.4 Å². The molecule has 1 heterocycles. The molecular weight excluding hydrogens is 387 g/mol. The van der Waals surface area contributed by atoms with Crippen LogP contribution in [-0.2, 0) is 17.9 Å². The maximum Gasteiger partial charge on any atom is 0.244 e. The molecule has 2 aromatic carbocycles. The maximum absolute atomic E-state index is 13.0. The molecule has 0 radical (unpaired) electrons. The minimum absolute atomic E-state index is 0.00573. The third-order valence-corrected chi connectivity index (χ3v) is 5.38. The number of fused-ring (bicyclic) bond motifs is 1. The van der Waals surface area contributed by atoms with E-state index in [2.05, 4.69) is 10.3 Å². The van der Waals surface area contributed by atoms with Crippen LogP contribution in [0.4, 0.5) is 0 Å². The zero-order chi connectivity index (χ0) is 19.0. The van der Waals surface area contributed by atoms with E-state index in [1.165, 1.54) is 0 Å². The van der Waals surface area contributed by atoms with Gasteiger partial charge >= 0.3 is 0 Å². The Morgan fingerprint density at radius 2 is 1.93 bits per heavy atom. The fraction of sp³-hybridized carbons (Fsp3) is 0.316. The minimum Gasteiger partial charge on any atom is -0.497 e. The number of hydrogen-bond acceptors (Lipinski definition) is 4. The number of halogens is 2. The number of methoxy groups -OCH3 is 1. The van der Waals surface area contributed by atoms with Gasteiger partial charge in [-0.3, -0.25) is 4.79 Å². The Hall–Kier alpha value is -2.31. The lowest BCUT2D eigenvalue weighted by atomic mass is 10.2. The predicted molar refractivity (Wildman–Crippen MR) is 104 cm³/mol. The van der Waals surface area contributed by atoms with Crippen molar-refractivity contribution in [3.8, 4) is 5.75 Å². The molecule has 6 nitrogen and oxygen atoms in total. The van der Waals surface area contributed by atoms with Crippen LogP contribution in [0.3, 0.4) is 0 Å². The number of aromatic nitrogens is 3. The van der Waals surface area contributed by atoms with Gasteiger partial charge in [0.05, 0.1) is 22.7 Å². The second-order valence-corrected chi connectivity index (χ2v) is 7.42. The summed E-state index contributed by atoms with van der Waals surface area (Å²) in [6.45, 7) is 0.674. The molecule has 1 saturated carbocycles. The van der Waals surface area contributed by atoms with E-state index in [0.717, 1.165) is 24.2 Å². The topological polar surface area (TPSA) is 60.2 Å². The molecule has 8 heteroatoms. The Labute approximate surface area is 166 Å². The molecule has 0 atom stereocenters. The third kappa shape index (κ3) is 3.87. The van der Waals surface area contributed by atoms with E-state index in [1.807, 2.05) is 29.2 Å². The van der Waals surface area contributed by atoms with Crippen molar-refractivity contribution in [1.29, 1.82) is 0 Å². The number of amides is 1. The normalized spacial score (nSPS) is 13.7. The first-order valence-corrected chi connectivity index (χ1v) is 9.41. The molecule has 1 aromatic heterocycles. The average Bonchev–Trinajstić information content (AvgIpc) is 3.44. The lowest BCUT2D eigenvalue weighted by molar-refractivity contribution is -0.133. The highest BCUT2D eigenvalue weighted by molar-refractivity contribution is 6.42. The van der Waals surface area contributed by atoms with E-state index in [1.54, 1.807) is 23.9 Å². The SMILES string of the molecule is COc1ccc(CN(C(=O)Cn2nnc3cc(Cl)c(Cl)cc32)C2CC2)cc1. The lowest BCUT2D eigenvalue weighted by Gasteiger charge is -2.22. The first kappa shape index (κ1) is 18.1. The smallest absolute Gasteiger partial charge is 0.244 e. The molecule has 0 saturated heterocycles. The Balaban J connectivity index is 1.53. The van der Waals surface area contributed by atoms with Gasteiger partial charge < -0.3 is 9.64 Å². The monoisotopic (exact) mass is 404 g/mol. The maximum atomic E-state index is 13.0. The van der Waals surface area contributed by atoms with E-state index in [4.69, 9.17) is 27.9 Å². The predicted octanol–water partition coefficient (Wildman–Crippen LogP) is 3.94. The van der Waals surface area contributed by atoms with Crippen molar-refractivity contribution in [3.63, 3.8) is 0 Å². The van der Waals surface area contributed by atoms with Crippen molar-refractivity contribution < 1.29 is 9.53 Å². The van der Waals surface area contributed by atoms with Gasteiger partial charge in [-0.2, -0.15) is 0 Å². The van der Waals surface area contributed by atoms with E-state index >= 15 is 0 Å². The van der Waals surface area contributed by atoms with Gasteiger partial charge in [-0.05, 0) is 42.7 Å². The van der Waals surface area contributed by atoms with Gasteiger partial charge in [0.2, 0.25) is 5.91 Å². The van der Waals surface area contributed by atoms with Crippen molar-refractivity contribution in [1.82, 2.24) is 19.9 Å². The molecular formula is C19H18Cl2N4O2. The molecule has 1 aliphatic carbocycles. The van der Waals surface area contributed by atoms with Crippen molar-refractivity contribution >= 4 is 40.1 Å². The van der Waals surface area contributed by atoms with Gasteiger partial charge in [-0.1, -0.05) is 40.5 Å². The second-order valence-electron chi connectivity index (χ2n) is 6.60. The molecule has 0 N–H and O–H groups in total. The van der Waals surface area contributed by atoms with Gasteiger partial charge in [0.25, 0.3) is 0 Å². The summed E-state index contributed by atoms with van der Waals surface area (Å²) in [5.74, 6) is 0.805. The Bertz CT molecular complexity index is 983. The molecule has 3 aromatic rings. The van der Waals surface area contributed by atoms with Gasteiger partial charge in [-0.15, -0.1) is 5.10 Å². The quantitative estimate of drug-likeness (QED) is 0.624. The van der Waals surface area contributed by atoms with Crippen molar-refractivity contribution in [2.75, 3.05) is 7.11 Å². The largest absolute Gasteiger partial charge is 0.497 e. The number of carbonyl (C=O) groups excluding carboxylic acids is 1. The summed E-state index contributed by atoms with van der Waals surface area (Å²) < 4.78 is 6.76. The van der Waals surface area contributed by atoms with Crippen LogP contribution in [0.2, 0.25) is 10.0 Å². The molecule has 1 fully saturated rings. The number of rotatable bonds is 6. The summed E-state index contributed by atoms with van der Waals surface area (Å²) in [7, 11) is 1.64. The number of benzene rings is 2. The molecule has 0 unspecified atom stereocenters. The number of ether oxygens (including phenoxy) is 1. The highest BCUT2D eigenvalue weighted by atomic mass is 35.5. The Kier molecular flexibility index (Phi) is 4.93. The van der Waals surface area contributed by atoms with Crippen LogP contribution in [0.25, 0.3) is 11.0 Å². The van der Waals surface area contributed by atoms with Gasteiger partial charge in [0.15, 0.2) is 0 Å². The lowest BCUT2D eigenvalue weighted by Crippen LogP contribution is -2.35. The number of nitrogens with zero attached hydrogens (tertiary/aromatic N) is 4. The summed E-state index contributed by atoms with van der Waals surface area (Å²) in [6.07, 6.45) is 2.06. The Morgan fingerprint density at radius 3 is 2.59 bits per heavy atom. The highest BCUT2D eigenvalue weighted by Gasteiger charge is 2.32. The van der Waals surface area contributed by atoms with Crippen LogP contribution in [0.5, 0.6) is 5.75 Å². The fourth-order valence-electron chi connectivity index (χ4n) is 3.03. The standard InChI is InChI=1S/C19H18Cl2N4O2/c1-27-14-6-2-12(3-7-14)10-24(13-4-5-13)19(26)11-25-18-9-16(21)15(20)8-17(18)22-23-25/h2-3,6-9,13H,4-5,10-11H2,1H3. The molecule has 0 bridgehead atoms. The van der Waals surface area contributed by atoms with Crippen LogP contribution < -0.4 is 4.74 Å². The molecule has 1 amide bonds. The molecule has 0 aliphatic heterocycles. The van der Waals surface area contributed by atoms with E-state index in [-0.39, 0.29) is 18.5 Å². The molecule has 0 spiro atoms. The minimum atomic E-state index is 0.00573. The summed E-state index contributed by atoms with van der Waals surface area (Å²) >= 11 is 12.1. The van der Waals surface area contributed by atoms with Crippen molar-refractivity contribution in [2.24, 2.45) is 0 Å². The van der Waals surface area contributed by atoms with E-state index in [9.17, 15) is 4.79 Å². The van der Waals surface area contributed by atoms with Crippen molar-refractivity contribution in [2.45, 2.75) is 32.0 Å². The summed E-state index contributed by atoms with van der Waals surface area (Å²) in [4.78, 5) is 14.9. The Morgan fingerprint density at radius 1 is 1.22 bits per heavy atom. The summed E-state index contributed by atoms with van der Waals surface area (Å²) in [6, 6.07) is 11.4. The fourth-order valence-corrected chi connectivity index (χ4v) is 3.35. The number of hydrogen-bond donors (Lipinski definition) is 0. The van der Waals surface area contributed by atoms with Crippen molar-refractivity contribution in [3.05, 3.63) is 52.0 Å². The molecule has 1 aliphatic rings. The van der Waals surface area contributed by atoms with Crippen LogP contribution >= 0.6 is 23.2 Å². The van der Waals surface area contributed by atoms with Crippen LogP contribution in [0.15, 0.2) is 36.4 Å². The van der Waals surface area contributed by atoms with Crippen LogP contribution in [0, 0.1) is 0 Å². The second kappa shape index (κ2) is 7.37. The van der Waals surface area contributed by atoms with Crippen LogP contribution in [-0.4, -0.2) is 39.0 Å². The summed E-state index contributed by atoms with van der Waals surface area (Å²) in [5, 5.41) is 9.01. The highest BCUT2D eigenvalue weighted by Crippen LogP contribution is 2.30. The number of carbonyl (C=O) groups is 1. The first-order valence-electron chi connectivity index (χ1n) is 8.66. The van der Waals surface area contributed by atoms with Gasteiger partial charge in [-0.25, -0.2) is 4.68 Å².